The van der Waals surface area contributed by atoms with E-state index in [2.05, 4.69) is 0 Å². The zero-order chi connectivity index (χ0) is 12.6. The third kappa shape index (κ3) is 2.62. The van der Waals surface area contributed by atoms with Crippen LogP contribution in [-0.4, -0.2) is 17.9 Å². The Kier molecular flexibility index (Phi) is 3.13. The van der Waals surface area contributed by atoms with Gasteiger partial charge >= 0.3 is 0 Å². The molecule has 0 saturated heterocycles. The average molecular weight is 239 g/mol. The van der Waals surface area contributed by atoms with Crippen LogP contribution in [0.1, 0.15) is 18.9 Å². The van der Waals surface area contributed by atoms with Crippen molar-refractivity contribution in [2.24, 2.45) is 11.8 Å². The van der Waals surface area contributed by atoms with Crippen LogP contribution < -0.4 is 0 Å². The van der Waals surface area contributed by atoms with Crippen molar-refractivity contribution in [1.82, 2.24) is 4.90 Å². The highest BCUT2D eigenvalue weighted by molar-refractivity contribution is 5.81. The van der Waals surface area contributed by atoms with Crippen LogP contribution in [-0.2, 0) is 11.3 Å². The first kappa shape index (κ1) is 12.0. The van der Waals surface area contributed by atoms with E-state index in [1.54, 1.807) is 11.9 Å². The van der Waals surface area contributed by atoms with Crippen LogP contribution in [0.5, 0.6) is 0 Å². The minimum Gasteiger partial charge on any atom is -0.341 e. The zero-order valence-electron chi connectivity index (χ0n) is 9.91. The van der Waals surface area contributed by atoms with Gasteiger partial charge in [-0.25, -0.2) is 8.78 Å². The van der Waals surface area contributed by atoms with Crippen LogP contribution in [0, 0.1) is 23.5 Å². The van der Waals surface area contributed by atoms with Crippen molar-refractivity contribution in [2.75, 3.05) is 7.05 Å². The van der Waals surface area contributed by atoms with E-state index < -0.39 is 11.6 Å². The predicted octanol–water partition coefficient (Wildman–Crippen LogP) is 2.58. The van der Waals surface area contributed by atoms with Gasteiger partial charge in [0, 0.05) is 19.5 Å². The fourth-order valence-corrected chi connectivity index (χ4v) is 1.94. The maximum Gasteiger partial charge on any atom is 0.226 e. The van der Waals surface area contributed by atoms with Gasteiger partial charge in [-0.3, -0.25) is 4.79 Å². The molecule has 4 heteroatoms. The summed E-state index contributed by atoms with van der Waals surface area (Å²) in [5.74, 6) is -1.08. The molecule has 2 nitrogen and oxygen atoms in total. The zero-order valence-corrected chi connectivity index (χ0v) is 9.91. The van der Waals surface area contributed by atoms with Crippen molar-refractivity contribution in [3.63, 3.8) is 0 Å². The minimum atomic E-state index is -0.872. The summed E-state index contributed by atoms with van der Waals surface area (Å²) in [6.45, 7) is 2.35. The molecule has 1 aromatic rings. The summed E-state index contributed by atoms with van der Waals surface area (Å²) >= 11 is 0. The fourth-order valence-electron chi connectivity index (χ4n) is 1.94. The van der Waals surface area contributed by atoms with Crippen molar-refractivity contribution in [1.29, 1.82) is 0 Å². The molecule has 2 rings (SSSR count). The normalized spacial score (nSPS) is 22.4. The highest BCUT2D eigenvalue weighted by Gasteiger charge is 2.40. The van der Waals surface area contributed by atoms with Crippen LogP contribution in [0.3, 0.4) is 0 Å². The Labute approximate surface area is 99.2 Å². The predicted molar refractivity (Wildman–Crippen MR) is 60.1 cm³/mol. The van der Waals surface area contributed by atoms with Gasteiger partial charge in [0.05, 0.1) is 0 Å². The third-order valence-corrected chi connectivity index (χ3v) is 3.21. The summed E-state index contributed by atoms with van der Waals surface area (Å²) in [5, 5.41) is 0. The van der Waals surface area contributed by atoms with Crippen molar-refractivity contribution in [2.45, 2.75) is 19.9 Å². The van der Waals surface area contributed by atoms with Gasteiger partial charge < -0.3 is 4.90 Å². The Balaban J connectivity index is 2.00. The molecule has 0 radical (unpaired) electrons. The summed E-state index contributed by atoms with van der Waals surface area (Å²) in [4.78, 5) is 13.4. The molecule has 1 aliphatic rings. The van der Waals surface area contributed by atoms with Gasteiger partial charge in [0.2, 0.25) is 5.91 Å². The van der Waals surface area contributed by atoms with Gasteiger partial charge in [-0.1, -0.05) is 13.0 Å². The molecule has 0 aliphatic heterocycles. The molecular weight excluding hydrogens is 224 g/mol. The van der Waals surface area contributed by atoms with E-state index in [9.17, 15) is 13.6 Å². The van der Waals surface area contributed by atoms with Gasteiger partial charge in [-0.05, 0) is 30.0 Å². The Morgan fingerprint density at radius 2 is 2.06 bits per heavy atom. The molecule has 1 saturated carbocycles. The van der Waals surface area contributed by atoms with E-state index in [1.807, 2.05) is 6.92 Å². The second kappa shape index (κ2) is 4.43. The van der Waals surface area contributed by atoms with E-state index in [0.29, 0.717) is 18.0 Å². The van der Waals surface area contributed by atoms with Crippen molar-refractivity contribution in [3.8, 4) is 0 Å². The van der Waals surface area contributed by atoms with Crippen LogP contribution >= 0.6 is 0 Å². The summed E-state index contributed by atoms with van der Waals surface area (Å²) in [5.41, 5.74) is 0.605. The number of benzene rings is 1. The average Bonchev–Trinajstić information content (AvgIpc) is 3.00. The van der Waals surface area contributed by atoms with E-state index in [-0.39, 0.29) is 11.8 Å². The number of hydrogen-bond donors (Lipinski definition) is 0. The minimum absolute atomic E-state index is 0.0854. The van der Waals surface area contributed by atoms with Crippen molar-refractivity contribution in [3.05, 3.63) is 35.4 Å². The van der Waals surface area contributed by atoms with Crippen LogP contribution in [0.15, 0.2) is 18.2 Å². The Hall–Kier alpha value is -1.45. The Morgan fingerprint density at radius 1 is 1.41 bits per heavy atom. The standard InChI is InChI=1S/C13H15F2NO/c1-8-5-10(8)13(17)16(2)7-9-3-4-11(14)12(15)6-9/h3-4,6,8,10H,5,7H2,1-2H3. The SMILES string of the molecule is CC1CC1C(=O)N(C)Cc1ccc(F)c(F)c1. The molecule has 1 aliphatic carbocycles. The van der Waals surface area contributed by atoms with Crippen LogP contribution in [0.2, 0.25) is 0 Å². The number of carbonyl (C=O) groups excluding carboxylic acids is 1. The molecule has 0 N–H and O–H groups in total. The molecule has 2 unspecified atom stereocenters. The molecular formula is C13H15F2NO. The molecule has 0 bridgehead atoms. The van der Waals surface area contributed by atoms with E-state index >= 15 is 0 Å². The van der Waals surface area contributed by atoms with Crippen molar-refractivity contribution >= 4 is 5.91 Å². The molecule has 1 aromatic carbocycles. The molecule has 1 fully saturated rings. The van der Waals surface area contributed by atoms with Crippen molar-refractivity contribution < 1.29 is 13.6 Å². The number of halogens is 2. The topological polar surface area (TPSA) is 20.3 Å². The van der Waals surface area contributed by atoms with Gasteiger partial charge in [0.15, 0.2) is 11.6 Å². The molecule has 1 amide bonds. The molecule has 0 aromatic heterocycles. The first-order valence-corrected chi connectivity index (χ1v) is 5.68. The lowest BCUT2D eigenvalue weighted by molar-refractivity contribution is -0.132. The first-order chi connectivity index (χ1) is 7.99. The summed E-state index contributed by atoms with van der Waals surface area (Å²) < 4.78 is 25.7. The smallest absolute Gasteiger partial charge is 0.226 e. The maximum absolute atomic E-state index is 13.0. The lowest BCUT2D eigenvalue weighted by Gasteiger charge is -2.17. The van der Waals surface area contributed by atoms with Gasteiger partial charge in [0.25, 0.3) is 0 Å². The number of nitrogens with zero attached hydrogens (tertiary/aromatic N) is 1. The van der Waals surface area contributed by atoms with E-state index in [1.165, 1.54) is 6.07 Å². The molecule has 0 spiro atoms. The second-order valence-corrected chi connectivity index (χ2v) is 4.76. The largest absolute Gasteiger partial charge is 0.341 e. The van der Waals surface area contributed by atoms with Gasteiger partial charge in [-0.2, -0.15) is 0 Å². The maximum atomic E-state index is 13.0. The number of hydrogen-bond acceptors (Lipinski definition) is 1. The Bertz CT molecular complexity index is 447. The van der Waals surface area contributed by atoms with Gasteiger partial charge in [0.1, 0.15) is 0 Å². The summed E-state index contributed by atoms with van der Waals surface area (Å²) in [6, 6.07) is 3.72. The van der Waals surface area contributed by atoms with Gasteiger partial charge in [-0.15, -0.1) is 0 Å². The lowest BCUT2D eigenvalue weighted by atomic mass is 10.2. The fraction of sp³-hybridized carbons (Fsp3) is 0.462. The number of rotatable bonds is 3. The Morgan fingerprint density at radius 3 is 2.59 bits per heavy atom. The third-order valence-electron chi connectivity index (χ3n) is 3.21. The molecule has 17 heavy (non-hydrogen) atoms. The lowest BCUT2D eigenvalue weighted by Crippen LogP contribution is -2.28. The summed E-state index contributed by atoms with van der Waals surface area (Å²) in [6.07, 6.45) is 0.932. The molecule has 2 atom stereocenters. The monoisotopic (exact) mass is 239 g/mol. The van der Waals surface area contributed by atoms with Crippen LogP contribution in [0.25, 0.3) is 0 Å². The van der Waals surface area contributed by atoms with Crippen LogP contribution in [0.4, 0.5) is 8.78 Å². The molecule has 92 valence electrons. The highest BCUT2D eigenvalue weighted by atomic mass is 19.2. The highest BCUT2D eigenvalue weighted by Crippen LogP contribution is 2.39. The quantitative estimate of drug-likeness (QED) is 0.794. The second-order valence-electron chi connectivity index (χ2n) is 4.76. The number of carbonyl (C=O) groups is 1. The van der Waals surface area contributed by atoms with E-state index in [4.69, 9.17) is 0 Å². The summed E-state index contributed by atoms with van der Waals surface area (Å²) in [7, 11) is 1.69. The first-order valence-electron chi connectivity index (χ1n) is 5.68. The molecule has 0 heterocycles. The number of amides is 1. The van der Waals surface area contributed by atoms with E-state index in [0.717, 1.165) is 18.6 Å².